The van der Waals surface area contributed by atoms with Gasteiger partial charge in [-0.05, 0) is 104 Å². The van der Waals surface area contributed by atoms with E-state index in [1.165, 1.54) is 12.1 Å². The lowest BCUT2D eigenvalue weighted by atomic mass is 9.83. The topological polar surface area (TPSA) is 119 Å². The van der Waals surface area contributed by atoms with Gasteiger partial charge in [-0.15, -0.1) is 0 Å². The highest BCUT2D eigenvalue weighted by Crippen LogP contribution is 2.41. The van der Waals surface area contributed by atoms with Crippen LogP contribution in [0, 0.1) is 22.5 Å². The molecule has 1 saturated heterocycles. The van der Waals surface area contributed by atoms with E-state index in [1.807, 2.05) is 0 Å². The van der Waals surface area contributed by atoms with E-state index in [0.29, 0.717) is 5.75 Å². The summed E-state index contributed by atoms with van der Waals surface area (Å²) in [6.07, 6.45) is 2.17. The van der Waals surface area contributed by atoms with Crippen molar-refractivity contribution in [3.05, 3.63) is 59.3 Å². The van der Waals surface area contributed by atoms with E-state index in [2.05, 4.69) is 22.6 Å². The van der Waals surface area contributed by atoms with Gasteiger partial charge >= 0.3 is 11.9 Å². The maximum absolute atomic E-state index is 13.0. The molecule has 8 nitrogen and oxygen atoms in total. The fourth-order valence-corrected chi connectivity index (χ4v) is 7.86. The largest absolute Gasteiger partial charge is 0.744 e. The number of ether oxygens (including phenoxy) is 3. The molecule has 2 heterocycles. The van der Waals surface area contributed by atoms with Crippen LogP contribution in [0.2, 0.25) is 0 Å². The molecule has 4 rings (SSSR count). The molecule has 2 aliphatic rings. The van der Waals surface area contributed by atoms with Crippen LogP contribution < -0.4 is 9.47 Å². The van der Waals surface area contributed by atoms with E-state index in [4.69, 9.17) is 14.2 Å². The summed E-state index contributed by atoms with van der Waals surface area (Å²) in [7, 11) is -4.68. The van der Waals surface area contributed by atoms with Gasteiger partial charge < -0.3 is 18.8 Å². The van der Waals surface area contributed by atoms with Crippen LogP contribution in [0.4, 0.5) is 0 Å². The molecule has 0 spiro atoms. The van der Waals surface area contributed by atoms with Crippen molar-refractivity contribution in [1.82, 2.24) is 0 Å². The van der Waals surface area contributed by atoms with Gasteiger partial charge in [0.25, 0.3) is 0 Å². The van der Waals surface area contributed by atoms with Crippen LogP contribution in [-0.2, 0) is 24.4 Å². The Kier molecular flexibility index (Phi) is 7.17. The minimum absolute atomic E-state index is 0.0627. The van der Waals surface area contributed by atoms with Crippen molar-refractivity contribution in [2.45, 2.75) is 17.1 Å². The standard InChI is InChI=1S/C20H13I3O8S/c21-9-1-3-10(4-2-9)29-19(24)16-14-5-6-15(31-14)17(16)20(25)30-11-7-12(22)18(13(23)8-11)32(26,27)28/h1-8,14-17H,(H,26,27,28)/p-1. The minimum atomic E-state index is -4.68. The molecular formula is C20H12I3O8S-. The molecule has 2 aromatic rings. The molecule has 2 aliphatic heterocycles. The highest BCUT2D eigenvalue weighted by molar-refractivity contribution is 14.1. The van der Waals surface area contributed by atoms with E-state index < -0.39 is 46.1 Å². The van der Waals surface area contributed by atoms with Crippen LogP contribution in [0.5, 0.6) is 11.5 Å². The number of hydrogen-bond acceptors (Lipinski definition) is 8. The van der Waals surface area contributed by atoms with Gasteiger partial charge in [0.15, 0.2) is 0 Å². The molecule has 0 N–H and O–H groups in total. The van der Waals surface area contributed by atoms with E-state index in [-0.39, 0.29) is 17.8 Å². The number of carbonyl (C=O) groups excluding carboxylic acids is 2. The average molecular weight is 793 g/mol. The minimum Gasteiger partial charge on any atom is -0.744 e. The molecule has 2 bridgehead atoms. The first-order chi connectivity index (χ1) is 15.0. The van der Waals surface area contributed by atoms with Crippen molar-refractivity contribution in [3.63, 3.8) is 0 Å². The molecule has 32 heavy (non-hydrogen) atoms. The van der Waals surface area contributed by atoms with E-state index in [0.717, 1.165) is 3.57 Å². The summed E-state index contributed by atoms with van der Waals surface area (Å²) in [4.78, 5) is 25.5. The predicted octanol–water partition coefficient (Wildman–Crippen LogP) is 3.49. The summed E-state index contributed by atoms with van der Waals surface area (Å²) in [5.74, 6) is -2.73. The first-order valence-electron chi connectivity index (χ1n) is 9.02. The third kappa shape index (κ3) is 4.98. The molecule has 0 aromatic heterocycles. The second-order valence-corrected chi connectivity index (χ2v) is 11.9. The van der Waals surface area contributed by atoms with Crippen molar-refractivity contribution in [2.24, 2.45) is 11.8 Å². The summed E-state index contributed by atoms with van der Waals surface area (Å²) >= 11 is 5.52. The molecule has 168 valence electrons. The van der Waals surface area contributed by atoms with E-state index in [9.17, 15) is 22.6 Å². The quantitative estimate of drug-likeness (QED) is 0.149. The molecule has 12 heteroatoms. The third-order valence-electron chi connectivity index (χ3n) is 4.92. The molecular weight excluding hydrogens is 781 g/mol. The van der Waals surface area contributed by atoms with Gasteiger partial charge in [0, 0.05) is 10.7 Å². The molecule has 4 atom stereocenters. The molecule has 0 aliphatic carbocycles. The van der Waals surface area contributed by atoms with Crippen LogP contribution in [0.25, 0.3) is 0 Å². The van der Waals surface area contributed by atoms with Gasteiger partial charge in [0.2, 0.25) is 0 Å². The van der Waals surface area contributed by atoms with Gasteiger partial charge in [-0.25, -0.2) is 8.42 Å². The Labute approximate surface area is 224 Å². The number of halogens is 3. The second kappa shape index (κ2) is 9.44. The maximum Gasteiger partial charge on any atom is 0.318 e. The summed E-state index contributed by atoms with van der Waals surface area (Å²) < 4.78 is 52.2. The van der Waals surface area contributed by atoms with Gasteiger partial charge in [-0.3, -0.25) is 9.59 Å². The van der Waals surface area contributed by atoms with Crippen LogP contribution in [0.1, 0.15) is 0 Å². The van der Waals surface area contributed by atoms with Crippen molar-refractivity contribution in [1.29, 1.82) is 0 Å². The van der Waals surface area contributed by atoms with E-state index in [1.54, 1.807) is 81.6 Å². The van der Waals surface area contributed by atoms with Gasteiger partial charge in [0.1, 0.15) is 33.5 Å². The van der Waals surface area contributed by atoms with Crippen LogP contribution in [0.15, 0.2) is 53.4 Å². The number of hydrogen-bond donors (Lipinski definition) is 0. The Morgan fingerprint density at radius 2 is 1.31 bits per heavy atom. The normalized spacial score (nSPS) is 23.9. The zero-order valence-electron chi connectivity index (χ0n) is 15.7. The van der Waals surface area contributed by atoms with Crippen LogP contribution >= 0.6 is 67.8 Å². The number of esters is 2. The zero-order chi connectivity index (χ0) is 23.2. The average Bonchev–Trinajstić information content (AvgIpc) is 3.29. The van der Waals surface area contributed by atoms with Gasteiger partial charge in [-0.1, -0.05) is 12.2 Å². The Morgan fingerprint density at radius 3 is 1.78 bits per heavy atom. The number of carbonyl (C=O) groups is 2. The Bertz CT molecular complexity index is 1200. The number of rotatable bonds is 5. The molecule has 4 unspecified atom stereocenters. The lowest BCUT2D eigenvalue weighted by molar-refractivity contribution is -0.149. The highest BCUT2D eigenvalue weighted by atomic mass is 127. The summed E-state index contributed by atoms with van der Waals surface area (Å²) in [5.41, 5.74) is 0. The van der Waals surface area contributed by atoms with Crippen LogP contribution in [-0.4, -0.2) is 37.1 Å². The van der Waals surface area contributed by atoms with Gasteiger partial charge in [-0.2, -0.15) is 0 Å². The van der Waals surface area contributed by atoms with Crippen molar-refractivity contribution < 1.29 is 36.8 Å². The predicted molar refractivity (Wildman–Crippen MR) is 135 cm³/mol. The summed E-state index contributed by atoms with van der Waals surface area (Å²) in [6, 6.07) is 9.48. The monoisotopic (exact) mass is 793 g/mol. The van der Waals surface area contributed by atoms with Crippen molar-refractivity contribution >= 4 is 89.8 Å². The van der Waals surface area contributed by atoms with Crippen LogP contribution in [0.3, 0.4) is 0 Å². The fourth-order valence-electron chi connectivity index (χ4n) is 3.58. The molecule has 2 aromatic carbocycles. The summed E-state index contributed by atoms with van der Waals surface area (Å²) in [5, 5.41) is 0. The third-order valence-corrected chi connectivity index (χ3v) is 9.01. The van der Waals surface area contributed by atoms with Gasteiger partial charge in [0.05, 0.1) is 17.1 Å². The first-order valence-corrected chi connectivity index (χ1v) is 13.7. The lowest BCUT2D eigenvalue weighted by Gasteiger charge is -2.22. The fraction of sp³-hybridized carbons (Fsp3) is 0.200. The molecule has 0 radical (unpaired) electrons. The highest BCUT2D eigenvalue weighted by Gasteiger charge is 2.55. The lowest BCUT2D eigenvalue weighted by Crippen LogP contribution is -2.40. The summed E-state index contributed by atoms with van der Waals surface area (Å²) in [6.45, 7) is 0. The van der Waals surface area contributed by atoms with Crippen molar-refractivity contribution in [2.75, 3.05) is 0 Å². The van der Waals surface area contributed by atoms with Crippen molar-refractivity contribution in [3.8, 4) is 11.5 Å². The molecule has 0 saturated carbocycles. The SMILES string of the molecule is O=C(Oc1ccc(I)cc1)C1C2C=CC(O2)C1C(=O)Oc1cc(I)c(S(=O)(=O)[O-])c(I)c1. The molecule has 0 amide bonds. The first kappa shape index (κ1) is 24.3. The smallest absolute Gasteiger partial charge is 0.318 e. The zero-order valence-corrected chi connectivity index (χ0v) is 23.0. The Hall–Kier alpha value is -0.820. The second-order valence-electron chi connectivity index (χ2n) is 6.97. The van der Waals surface area contributed by atoms with E-state index >= 15 is 0 Å². The maximum atomic E-state index is 13.0. The number of fused-ring (bicyclic) bond motifs is 2. The number of benzene rings is 2. The molecule has 1 fully saturated rings. The Balaban J connectivity index is 1.55. The Morgan fingerprint density at radius 1 is 0.844 bits per heavy atom.